The minimum absolute atomic E-state index is 0.255. The summed E-state index contributed by atoms with van der Waals surface area (Å²) < 4.78 is 1.66. The fraction of sp³-hybridized carbons (Fsp3) is 0.316. The van der Waals surface area contributed by atoms with Gasteiger partial charge in [0.2, 0.25) is 5.95 Å². The van der Waals surface area contributed by atoms with Gasteiger partial charge in [-0.2, -0.15) is 0 Å². The van der Waals surface area contributed by atoms with Crippen LogP contribution in [0.3, 0.4) is 0 Å². The molecule has 1 amide bonds. The first-order chi connectivity index (χ1) is 13.2. The van der Waals surface area contributed by atoms with E-state index in [2.05, 4.69) is 25.6 Å². The van der Waals surface area contributed by atoms with Crippen molar-refractivity contribution in [2.45, 2.75) is 24.9 Å². The molecule has 2 atom stereocenters. The average Bonchev–Trinajstić information content (AvgIpc) is 3.14. The number of benzene rings is 1. The van der Waals surface area contributed by atoms with Gasteiger partial charge in [-0.05, 0) is 37.1 Å². The van der Waals surface area contributed by atoms with Crippen molar-refractivity contribution in [2.24, 2.45) is 0 Å². The van der Waals surface area contributed by atoms with Crippen LogP contribution >= 0.6 is 11.6 Å². The highest BCUT2D eigenvalue weighted by Gasteiger charge is 2.35. The number of nitrogens with zero attached hydrogens (tertiary/aromatic N) is 4. The molecule has 7 nitrogen and oxygen atoms in total. The first-order valence-electron chi connectivity index (χ1n) is 9.10. The molecule has 0 radical (unpaired) electrons. The number of piperidine rings is 2. The highest BCUT2D eigenvalue weighted by Crippen LogP contribution is 2.26. The molecule has 8 heteroatoms. The average molecular weight is 383 g/mol. The molecule has 0 aliphatic carbocycles. The number of amides is 1. The van der Waals surface area contributed by atoms with Crippen molar-refractivity contribution in [3.05, 3.63) is 53.3 Å². The molecule has 2 aromatic heterocycles. The molecule has 138 valence electrons. The summed E-state index contributed by atoms with van der Waals surface area (Å²) in [4.78, 5) is 19.6. The topological polar surface area (TPSA) is 74.6 Å². The van der Waals surface area contributed by atoms with Gasteiger partial charge in [-0.15, -0.1) is 5.10 Å². The fourth-order valence-electron chi connectivity index (χ4n) is 3.90. The second-order valence-electron chi connectivity index (χ2n) is 7.04. The quantitative estimate of drug-likeness (QED) is 0.728. The number of rotatable bonds is 3. The SMILES string of the molecule is O=C(Nc1ccccc1Cl)c1ccc2cnc(N3C[C@H]4CC[C@@H]3CN4)nn12. The van der Waals surface area contributed by atoms with Gasteiger partial charge in [-0.1, -0.05) is 23.7 Å². The molecule has 27 heavy (non-hydrogen) atoms. The lowest BCUT2D eigenvalue weighted by atomic mass is 9.93. The van der Waals surface area contributed by atoms with E-state index in [9.17, 15) is 4.79 Å². The number of carbonyl (C=O) groups excluding carboxylic acids is 1. The number of hydrogen-bond donors (Lipinski definition) is 2. The van der Waals surface area contributed by atoms with E-state index in [1.807, 2.05) is 18.2 Å². The minimum Gasteiger partial charge on any atom is -0.334 e. The molecule has 3 fully saturated rings. The molecular weight excluding hydrogens is 364 g/mol. The smallest absolute Gasteiger partial charge is 0.274 e. The molecule has 0 spiro atoms. The van der Waals surface area contributed by atoms with Gasteiger partial charge in [0.1, 0.15) is 5.69 Å². The molecule has 3 aromatic rings. The Kier molecular flexibility index (Phi) is 3.98. The second-order valence-corrected chi connectivity index (χ2v) is 7.44. The Hall–Kier alpha value is -2.64. The van der Waals surface area contributed by atoms with Crippen molar-refractivity contribution < 1.29 is 4.79 Å². The van der Waals surface area contributed by atoms with Crippen molar-refractivity contribution >= 4 is 34.7 Å². The lowest BCUT2D eigenvalue weighted by Gasteiger charge is -2.45. The van der Waals surface area contributed by atoms with Crippen LogP contribution in [0.15, 0.2) is 42.6 Å². The largest absolute Gasteiger partial charge is 0.334 e. The number of hydrogen-bond acceptors (Lipinski definition) is 5. The molecule has 0 saturated carbocycles. The van der Waals surface area contributed by atoms with Crippen molar-refractivity contribution in [1.82, 2.24) is 19.9 Å². The van der Waals surface area contributed by atoms with Crippen LogP contribution in [0.1, 0.15) is 23.3 Å². The highest BCUT2D eigenvalue weighted by molar-refractivity contribution is 6.33. The van der Waals surface area contributed by atoms with E-state index >= 15 is 0 Å². The van der Waals surface area contributed by atoms with Crippen molar-refractivity contribution in [2.75, 3.05) is 23.3 Å². The van der Waals surface area contributed by atoms with Gasteiger partial charge in [0.25, 0.3) is 5.91 Å². The number of anilines is 2. The Bertz CT molecular complexity index is 1010. The zero-order valence-electron chi connectivity index (χ0n) is 14.6. The van der Waals surface area contributed by atoms with E-state index in [1.54, 1.807) is 28.9 Å². The summed E-state index contributed by atoms with van der Waals surface area (Å²) in [5, 5.41) is 11.6. The van der Waals surface area contributed by atoms with E-state index in [4.69, 9.17) is 11.6 Å². The Balaban J connectivity index is 1.47. The van der Waals surface area contributed by atoms with Gasteiger partial charge in [0.05, 0.1) is 22.4 Å². The normalized spacial score (nSPS) is 21.6. The third-order valence-electron chi connectivity index (χ3n) is 5.35. The summed E-state index contributed by atoms with van der Waals surface area (Å²) in [6, 6.07) is 11.7. The maximum absolute atomic E-state index is 12.8. The molecule has 2 N–H and O–H groups in total. The Morgan fingerprint density at radius 2 is 2.11 bits per heavy atom. The van der Waals surface area contributed by atoms with Crippen molar-refractivity contribution in [3.63, 3.8) is 0 Å². The summed E-state index contributed by atoms with van der Waals surface area (Å²) in [5.41, 5.74) is 1.81. The fourth-order valence-corrected chi connectivity index (χ4v) is 4.08. The Morgan fingerprint density at radius 1 is 1.22 bits per heavy atom. The molecule has 6 rings (SSSR count). The van der Waals surface area contributed by atoms with Gasteiger partial charge in [0.15, 0.2) is 0 Å². The zero-order chi connectivity index (χ0) is 18.4. The Labute approximate surface area is 161 Å². The van der Waals surface area contributed by atoms with Gasteiger partial charge >= 0.3 is 0 Å². The van der Waals surface area contributed by atoms with Crippen LogP contribution in [0.5, 0.6) is 0 Å². The van der Waals surface area contributed by atoms with Crippen LogP contribution < -0.4 is 15.5 Å². The van der Waals surface area contributed by atoms with Crippen LogP contribution in [0, 0.1) is 0 Å². The number of aromatic nitrogens is 3. The summed E-state index contributed by atoms with van der Waals surface area (Å²) >= 11 is 6.15. The standard InChI is InChI=1S/C19H19ClN6O/c20-15-3-1-2-4-16(15)23-18(27)17-8-7-14-10-22-19(24-26(14)17)25-11-12-5-6-13(25)9-21-12/h1-4,7-8,10,12-13,21H,5-6,9,11H2,(H,23,27)/t12-,13-/m1/s1. The van der Waals surface area contributed by atoms with E-state index in [-0.39, 0.29) is 5.91 Å². The van der Waals surface area contributed by atoms with Gasteiger partial charge in [0, 0.05) is 25.2 Å². The molecule has 5 heterocycles. The lowest BCUT2D eigenvalue weighted by molar-refractivity contribution is 0.102. The zero-order valence-corrected chi connectivity index (χ0v) is 15.4. The molecule has 2 bridgehead atoms. The predicted molar refractivity (Wildman–Crippen MR) is 105 cm³/mol. The van der Waals surface area contributed by atoms with Crippen LogP contribution in [0.4, 0.5) is 11.6 Å². The highest BCUT2D eigenvalue weighted by atomic mass is 35.5. The second kappa shape index (κ2) is 6.51. The molecular formula is C19H19ClN6O. The Morgan fingerprint density at radius 3 is 2.85 bits per heavy atom. The first-order valence-corrected chi connectivity index (χ1v) is 9.47. The lowest BCUT2D eigenvalue weighted by Crippen LogP contribution is -2.61. The number of fused-ring (bicyclic) bond motifs is 4. The predicted octanol–water partition coefficient (Wildman–Crippen LogP) is 2.58. The third-order valence-corrected chi connectivity index (χ3v) is 5.68. The number of carbonyl (C=O) groups is 1. The maximum atomic E-state index is 12.8. The van der Waals surface area contributed by atoms with Crippen LogP contribution in [0.2, 0.25) is 5.02 Å². The third kappa shape index (κ3) is 2.93. The number of piperazine rings is 1. The van der Waals surface area contributed by atoms with Gasteiger partial charge in [-0.3, -0.25) is 4.79 Å². The molecule has 3 aliphatic heterocycles. The summed E-state index contributed by atoms with van der Waals surface area (Å²) in [6.45, 7) is 1.86. The van der Waals surface area contributed by atoms with E-state index in [0.29, 0.717) is 34.4 Å². The number of nitrogens with one attached hydrogen (secondary N) is 2. The molecule has 3 saturated heterocycles. The number of para-hydroxylation sites is 1. The summed E-state index contributed by atoms with van der Waals surface area (Å²) in [5.74, 6) is 0.413. The van der Waals surface area contributed by atoms with Gasteiger partial charge < -0.3 is 15.5 Å². The molecule has 3 aliphatic rings. The van der Waals surface area contributed by atoms with Crippen molar-refractivity contribution in [1.29, 1.82) is 0 Å². The van der Waals surface area contributed by atoms with E-state index < -0.39 is 0 Å². The summed E-state index contributed by atoms with van der Waals surface area (Å²) in [6.07, 6.45) is 4.10. The van der Waals surface area contributed by atoms with Crippen LogP contribution in [0.25, 0.3) is 5.52 Å². The number of halogens is 1. The van der Waals surface area contributed by atoms with Crippen molar-refractivity contribution in [3.8, 4) is 0 Å². The first kappa shape index (κ1) is 16.5. The molecule has 1 aromatic carbocycles. The van der Waals surface area contributed by atoms with E-state index in [0.717, 1.165) is 25.0 Å². The van der Waals surface area contributed by atoms with Gasteiger partial charge in [-0.25, -0.2) is 9.50 Å². The monoisotopic (exact) mass is 382 g/mol. The molecule has 0 unspecified atom stereocenters. The summed E-state index contributed by atoms with van der Waals surface area (Å²) in [7, 11) is 0. The van der Waals surface area contributed by atoms with Crippen LogP contribution in [-0.2, 0) is 0 Å². The van der Waals surface area contributed by atoms with Crippen LogP contribution in [-0.4, -0.2) is 45.7 Å². The minimum atomic E-state index is -0.255. The van der Waals surface area contributed by atoms with E-state index in [1.165, 1.54) is 6.42 Å². The maximum Gasteiger partial charge on any atom is 0.274 e.